The standard InChI is InChI=1S/C28H25NO6/c1-4-35-28(32)24(17-29)25-22(15-18-5-9-20(10-6-18)26(30)33-2)13-14-23(25)16-19-7-11-21(12-8-19)27(31)34-3/h5-12,15-16H,4,13-14H2,1-3H3/b22-15-,23-16?,25-24?. The van der Waals surface area contributed by atoms with Gasteiger partial charge in [0, 0.05) is 5.57 Å². The molecule has 0 aliphatic heterocycles. The van der Waals surface area contributed by atoms with Crippen LogP contribution in [-0.4, -0.2) is 38.7 Å². The molecule has 35 heavy (non-hydrogen) atoms. The SMILES string of the molecule is CCOC(=O)C(C#N)=C1C(=Cc2ccc(C(=O)OC)cc2)CC/C1=C/c1ccc(C(=O)OC)cc1. The van der Waals surface area contributed by atoms with E-state index in [0.29, 0.717) is 29.5 Å². The second kappa shape index (κ2) is 11.6. The lowest BCUT2D eigenvalue weighted by atomic mass is 9.96. The number of ether oxygens (including phenoxy) is 3. The van der Waals surface area contributed by atoms with Crippen molar-refractivity contribution >= 4 is 30.1 Å². The molecule has 3 rings (SSSR count). The predicted octanol–water partition coefficient (Wildman–Crippen LogP) is 4.90. The van der Waals surface area contributed by atoms with Crippen molar-refractivity contribution in [3.63, 3.8) is 0 Å². The highest BCUT2D eigenvalue weighted by molar-refractivity contribution is 5.97. The summed E-state index contributed by atoms with van der Waals surface area (Å²) in [6.07, 6.45) is 5.03. The molecule has 2 aromatic rings. The Morgan fingerprint density at radius 2 is 1.26 bits per heavy atom. The van der Waals surface area contributed by atoms with Gasteiger partial charge in [0.05, 0.1) is 32.0 Å². The average Bonchev–Trinajstić information content (AvgIpc) is 3.26. The number of benzene rings is 2. The van der Waals surface area contributed by atoms with E-state index in [0.717, 1.165) is 22.3 Å². The second-order valence-electron chi connectivity index (χ2n) is 7.65. The Hall–Kier alpha value is -4.44. The molecule has 7 nitrogen and oxygen atoms in total. The average molecular weight is 472 g/mol. The number of nitrogens with zero attached hydrogens (tertiary/aromatic N) is 1. The molecular formula is C28H25NO6. The molecule has 1 saturated carbocycles. The highest BCUT2D eigenvalue weighted by Gasteiger charge is 2.27. The van der Waals surface area contributed by atoms with Crippen LogP contribution in [0.5, 0.6) is 0 Å². The van der Waals surface area contributed by atoms with E-state index in [-0.39, 0.29) is 12.2 Å². The van der Waals surface area contributed by atoms with Crippen molar-refractivity contribution < 1.29 is 28.6 Å². The van der Waals surface area contributed by atoms with Gasteiger partial charge in [0.15, 0.2) is 0 Å². The molecule has 0 unspecified atom stereocenters. The van der Waals surface area contributed by atoms with Gasteiger partial charge in [0.25, 0.3) is 0 Å². The highest BCUT2D eigenvalue weighted by atomic mass is 16.5. The number of carbonyl (C=O) groups excluding carboxylic acids is 3. The molecule has 7 heteroatoms. The first-order chi connectivity index (χ1) is 16.9. The Balaban J connectivity index is 2.05. The molecule has 0 amide bonds. The largest absolute Gasteiger partial charge is 0.465 e. The number of carbonyl (C=O) groups is 3. The smallest absolute Gasteiger partial charge is 0.349 e. The Kier molecular flexibility index (Phi) is 8.36. The number of rotatable bonds is 6. The number of hydrogen-bond acceptors (Lipinski definition) is 7. The molecule has 0 saturated heterocycles. The first-order valence-corrected chi connectivity index (χ1v) is 11.0. The maximum Gasteiger partial charge on any atom is 0.349 e. The summed E-state index contributed by atoms with van der Waals surface area (Å²) >= 11 is 0. The maximum atomic E-state index is 12.6. The lowest BCUT2D eigenvalue weighted by molar-refractivity contribution is -0.138. The van der Waals surface area contributed by atoms with E-state index in [1.54, 1.807) is 55.5 Å². The van der Waals surface area contributed by atoms with Crippen LogP contribution in [-0.2, 0) is 19.0 Å². The minimum atomic E-state index is -0.675. The van der Waals surface area contributed by atoms with Crippen molar-refractivity contribution in [1.82, 2.24) is 0 Å². The number of allylic oxidation sites excluding steroid dienone is 3. The summed E-state index contributed by atoms with van der Waals surface area (Å²) in [6.45, 7) is 1.84. The lowest BCUT2D eigenvalue weighted by Crippen LogP contribution is -2.09. The molecule has 1 fully saturated rings. The van der Waals surface area contributed by atoms with E-state index in [1.807, 2.05) is 18.2 Å². The second-order valence-corrected chi connectivity index (χ2v) is 7.65. The van der Waals surface area contributed by atoms with Gasteiger partial charge in [-0.15, -0.1) is 0 Å². The molecule has 178 valence electrons. The molecule has 0 N–H and O–H groups in total. The van der Waals surface area contributed by atoms with Crippen LogP contribution in [0.2, 0.25) is 0 Å². The highest BCUT2D eigenvalue weighted by Crippen LogP contribution is 2.40. The summed E-state index contributed by atoms with van der Waals surface area (Å²) < 4.78 is 14.6. The molecule has 0 bridgehead atoms. The van der Waals surface area contributed by atoms with Crippen molar-refractivity contribution in [2.75, 3.05) is 20.8 Å². The minimum absolute atomic E-state index is 0.0563. The van der Waals surface area contributed by atoms with Gasteiger partial charge in [0.2, 0.25) is 0 Å². The Bertz CT molecular complexity index is 1180. The van der Waals surface area contributed by atoms with Crippen LogP contribution in [0.3, 0.4) is 0 Å². The lowest BCUT2D eigenvalue weighted by Gasteiger charge is -2.09. The number of hydrogen-bond donors (Lipinski definition) is 0. The van der Waals surface area contributed by atoms with Crippen LogP contribution in [0.15, 0.2) is 70.8 Å². The van der Waals surface area contributed by atoms with Gasteiger partial charge in [-0.05, 0) is 66.3 Å². The zero-order valence-electron chi connectivity index (χ0n) is 19.8. The quantitative estimate of drug-likeness (QED) is 0.255. The fraction of sp³-hybridized carbons (Fsp3) is 0.214. The minimum Gasteiger partial charge on any atom is -0.465 e. The molecule has 2 aromatic carbocycles. The molecule has 0 spiro atoms. The van der Waals surface area contributed by atoms with Gasteiger partial charge < -0.3 is 14.2 Å². The Morgan fingerprint density at radius 1 is 0.829 bits per heavy atom. The first kappa shape index (κ1) is 25.2. The topological polar surface area (TPSA) is 103 Å². The molecular weight excluding hydrogens is 446 g/mol. The van der Waals surface area contributed by atoms with Crippen molar-refractivity contribution in [2.24, 2.45) is 0 Å². The van der Waals surface area contributed by atoms with E-state index in [4.69, 9.17) is 14.2 Å². The summed E-state index contributed by atoms with van der Waals surface area (Å²) in [6, 6.07) is 15.8. The van der Waals surface area contributed by atoms with Crippen LogP contribution in [0.25, 0.3) is 12.2 Å². The van der Waals surface area contributed by atoms with Crippen molar-refractivity contribution in [2.45, 2.75) is 19.8 Å². The van der Waals surface area contributed by atoms with Crippen LogP contribution in [0.1, 0.15) is 51.6 Å². The van der Waals surface area contributed by atoms with Crippen LogP contribution in [0, 0.1) is 11.3 Å². The zero-order chi connectivity index (χ0) is 25.4. The Morgan fingerprint density at radius 3 is 1.60 bits per heavy atom. The molecule has 0 atom stereocenters. The van der Waals surface area contributed by atoms with E-state index in [9.17, 15) is 19.6 Å². The predicted molar refractivity (Wildman–Crippen MR) is 130 cm³/mol. The van der Waals surface area contributed by atoms with Crippen LogP contribution >= 0.6 is 0 Å². The van der Waals surface area contributed by atoms with Crippen molar-refractivity contribution in [1.29, 1.82) is 5.26 Å². The van der Waals surface area contributed by atoms with Crippen LogP contribution in [0.4, 0.5) is 0 Å². The zero-order valence-corrected chi connectivity index (χ0v) is 19.8. The van der Waals surface area contributed by atoms with Crippen molar-refractivity contribution in [3.8, 4) is 6.07 Å². The Labute approximate surface area is 203 Å². The van der Waals surface area contributed by atoms with Crippen LogP contribution < -0.4 is 0 Å². The number of esters is 3. The molecule has 0 radical (unpaired) electrons. The van der Waals surface area contributed by atoms with Gasteiger partial charge in [-0.2, -0.15) is 5.26 Å². The maximum absolute atomic E-state index is 12.6. The first-order valence-electron chi connectivity index (χ1n) is 11.0. The fourth-order valence-electron chi connectivity index (χ4n) is 3.81. The normalized spacial score (nSPS) is 16.5. The van der Waals surface area contributed by atoms with Gasteiger partial charge in [-0.1, -0.05) is 36.4 Å². The summed E-state index contributed by atoms with van der Waals surface area (Å²) in [5.41, 5.74) is 4.61. The molecule has 1 aliphatic carbocycles. The van der Waals surface area contributed by atoms with Gasteiger partial charge in [0.1, 0.15) is 11.6 Å². The van der Waals surface area contributed by atoms with Gasteiger partial charge in [-0.3, -0.25) is 0 Å². The summed E-state index contributed by atoms with van der Waals surface area (Å²) in [5.74, 6) is -1.53. The van der Waals surface area contributed by atoms with Crippen molar-refractivity contribution in [3.05, 3.63) is 93.1 Å². The summed E-state index contributed by atoms with van der Waals surface area (Å²) in [4.78, 5) is 36.0. The van der Waals surface area contributed by atoms with E-state index >= 15 is 0 Å². The monoisotopic (exact) mass is 471 g/mol. The molecule has 0 aromatic heterocycles. The third-order valence-electron chi connectivity index (χ3n) is 5.49. The van der Waals surface area contributed by atoms with Gasteiger partial charge >= 0.3 is 17.9 Å². The third kappa shape index (κ3) is 5.92. The summed E-state index contributed by atoms with van der Waals surface area (Å²) in [7, 11) is 2.65. The number of methoxy groups -OCH3 is 2. The van der Waals surface area contributed by atoms with E-state index in [2.05, 4.69) is 0 Å². The molecule has 1 aliphatic rings. The summed E-state index contributed by atoms with van der Waals surface area (Å²) in [5, 5.41) is 9.83. The van der Waals surface area contributed by atoms with E-state index < -0.39 is 17.9 Å². The van der Waals surface area contributed by atoms with E-state index in [1.165, 1.54) is 14.2 Å². The molecule has 0 heterocycles. The third-order valence-corrected chi connectivity index (χ3v) is 5.49. The number of nitriles is 1. The van der Waals surface area contributed by atoms with Gasteiger partial charge in [-0.25, -0.2) is 14.4 Å². The fourth-order valence-corrected chi connectivity index (χ4v) is 3.81.